The van der Waals surface area contributed by atoms with Crippen LogP contribution >= 0.6 is 11.6 Å². The Balaban J connectivity index is 1.84. The number of carbonyl (C=O) groups excluding carboxylic acids is 1. The predicted octanol–water partition coefficient (Wildman–Crippen LogP) is 1.92. The van der Waals surface area contributed by atoms with Crippen molar-refractivity contribution >= 4 is 24.6 Å². The van der Waals surface area contributed by atoms with Crippen LogP contribution in [0.15, 0.2) is 0 Å². The lowest BCUT2D eigenvalue weighted by molar-refractivity contribution is -0.139. The van der Waals surface area contributed by atoms with Crippen LogP contribution in [0.25, 0.3) is 0 Å². The highest BCUT2D eigenvalue weighted by Crippen LogP contribution is 2.57. The number of fused-ring (bicyclic) bond motifs is 2. The molecule has 6 atom stereocenters. The molecule has 7 heteroatoms. The van der Waals surface area contributed by atoms with Crippen molar-refractivity contribution < 1.29 is 14.8 Å². The van der Waals surface area contributed by atoms with E-state index in [0.717, 1.165) is 38.5 Å². The summed E-state index contributed by atoms with van der Waals surface area (Å²) in [4.78, 5) is 14.5. The number of nitrogens with two attached hydrogens (primary N) is 1. The molecule has 0 spiro atoms. The summed E-state index contributed by atoms with van der Waals surface area (Å²) in [5, 5.41) is 19.2. The molecule has 2 saturated carbocycles. The van der Waals surface area contributed by atoms with E-state index in [0.29, 0.717) is 24.8 Å². The fourth-order valence-electron chi connectivity index (χ4n) is 6.07. The number of halogens is 1. The average molecular weight is 371 g/mol. The van der Waals surface area contributed by atoms with Crippen molar-refractivity contribution in [1.29, 1.82) is 0 Å². The second-order valence-corrected chi connectivity index (χ2v) is 9.99. The highest BCUT2D eigenvalue weighted by molar-refractivity contribution is 6.43. The van der Waals surface area contributed by atoms with E-state index in [1.165, 1.54) is 6.42 Å². The second kappa shape index (κ2) is 7.03. The lowest BCUT2D eigenvalue weighted by atomic mass is 9.53. The van der Waals surface area contributed by atoms with Gasteiger partial charge in [-0.15, -0.1) is 11.6 Å². The standard InChI is InChI=1S/C18H32BClN2O3/c1-3-12-7-13-8-17(2,20)11-18(9-12,10-13)15(21)16(23)22-6-4-5-14(22)19(24)25/h12-15,24-25H,3-11,21H2,1-2H3. The molecule has 25 heavy (non-hydrogen) atoms. The molecule has 2 bridgehead atoms. The quantitative estimate of drug-likeness (QED) is 0.521. The smallest absolute Gasteiger partial charge is 0.426 e. The maximum atomic E-state index is 13.2. The number of amides is 1. The largest absolute Gasteiger partial charge is 0.475 e. The van der Waals surface area contributed by atoms with E-state index in [2.05, 4.69) is 13.8 Å². The summed E-state index contributed by atoms with van der Waals surface area (Å²) in [6.07, 6.45) is 7.39. The zero-order valence-corrected chi connectivity index (χ0v) is 16.2. The molecule has 142 valence electrons. The molecule has 0 aromatic heterocycles. The minimum Gasteiger partial charge on any atom is -0.426 e. The maximum Gasteiger partial charge on any atom is 0.475 e. The van der Waals surface area contributed by atoms with Gasteiger partial charge >= 0.3 is 7.12 Å². The van der Waals surface area contributed by atoms with E-state index in [1.54, 1.807) is 4.90 Å². The van der Waals surface area contributed by atoms with E-state index in [-0.39, 0.29) is 16.2 Å². The van der Waals surface area contributed by atoms with Crippen LogP contribution in [0, 0.1) is 17.3 Å². The minimum atomic E-state index is -1.50. The fraction of sp³-hybridized carbons (Fsp3) is 0.944. The predicted molar refractivity (Wildman–Crippen MR) is 99.9 cm³/mol. The summed E-state index contributed by atoms with van der Waals surface area (Å²) in [6.45, 7) is 4.85. The van der Waals surface area contributed by atoms with E-state index in [9.17, 15) is 14.8 Å². The van der Waals surface area contributed by atoms with Gasteiger partial charge in [-0.1, -0.05) is 13.3 Å². The first kappa shape index (κ1) is 19.5. The molecule has 1 saturated heterocycles. The van der Waals surface area contributed by atoms with E-state index in [1.807, 2.05) is 0 Å². The highest BCUT2D eigenvalue weighted by atomic mass is 35.5. The van der Waals surface area contributed by atoms with Crippen molar-refractivity contribution in [3.05, 3.63) is 0 Å². The lowest BCUT2D eigenvalue weighted by Gasteiger charge is -2.55. The van der Waals surface area contributed by atoms with Crippen LogP contribution < -0.4 is 5.73 Å². The number of alkyl halides is 1. The molecule has 2 aliphatic carbocycles. The van der Waals surface area contributed by atoms with Gasteiger partial charge in [-0.05, 0) is 69.1 Å². The van der Waals surface area contributed by atoms with E-state index in [4.69, 9.17) is 17.3 Å². The molecular formula is C18H32BClN2O3. The van der Waals surface area contributed by atoms with Crippen LogP contribution in [0.3, 0.4) is 0 Å². The average Bonchev–Trinajstić information content (AvgIpc) is 3.01. The minimum absolute atomic E-state index is 0.125. The number of rotatable bonds is 4. The fourth-order valence-corrected chi connectivity index (χ4v) is 6.56. The van der Waals surface area contributed by atoms with Gasteiger partial charge in [0.2, 0.25) is 5.91 Å². The Morgan fingerprint density at radius 2 is 2.12 bits per heavy atom. The monoisotopic (exact) mass is 370 g/mol. The van der Waals surface area contributed by atoms with Crippen molar-refractivity contribution in [1.82, 2.24) is 4.90 Å². The van der Waals surface area contributed by atoms with Gasteiger partial charge in [0.25, 0.3) is 0 Å². The van der Waals surface area contributed by atoms with Crippen LogP contribution in [0.4, 0.5) is 0 Å². The molecular weight excluding hydrogens is 338 g/mol. The first-order valence-corrected chi connectivity index (χ1v) is 10.2. The van der Waals surface area contributed by atoms with Crippen molar-refractivity contribution in [2.75, 3.05) is 6.54 Å². The Morgan fingerprint density at radius 1 is 1.40 bits per heavy atom. The van der Waals surface area contributed by atoms with Crippen molar-refractivity contribution in [3.8, 4) is 0 Å². The van der Waals surface area contributed by atoms with Gasteiger partial charge in [0.15, 0.2) is 0 Å². The van der Waals surface area contributed by atoms with Gasteiger partial charge < -0.3 is 20.7 Å². The van der Waals surface area contributed by atoms with Gasteiger partial charge in [-0.25, -0.2) is 0 Å². The molecule has 5 nitrogen and oxygen atoms in total. The Bertz CT molecular complexity index is 519. The number of hydrogen-bond donors (Lipinski definition) is 3. The second-order valence-electron chi connectivity index (χ2n) is 9.07. The molecule has 4 N–H and O–H groups in total. The lowest BCUT2D eigenvalue weighted by Crippen LogP contribution is -2.61. The topological polar surface area (TPSA) is 86.8 Å². The molecule has 0 aromatic carbocycles. The zero-order valence-electron chi connectivity index (χ0n) is 15.5. The summed E-state index contributed by atoms with van der Waals surface area (Å²) < 4.78 is 0. The maximum absolute atomic E-state index is 13.2. The van der Waals surface area contributed by atoms with Gasteiger partial charge in [-0.3, -0.25) is 4.79 Å². The summed E-state index contributed by atoms with van der Waals surface area (Å²) in [7, 11) is -1.50. The molecule has 0 radical (unpaired) electrons. The summed E-state index contributed by atoms with van der Waals surface area (Å²) >= 11 is 6.78. The number of likely N-dealkylation sites (tertiary alicyclic amines) is 1. The van der Waals surface area contributed by atoms with Crippen LogP contribution in [0.1, 0.15) is 65.2 Å². The molecule has 6 unspecified atom stereocenters. The van der Waals surface area contributed by atoms with Crippen molar-refractivity contribution in [3.63, 3.8) is 0 Å². The number of hydrogen-bond acceptors (Lipinski definition) is 4. The highest BCUT2D eigenvalue weighted by Gasteiger charge is 2.55. The summed E-state index contributed by atoms with van der Waals surface area (Å²) in [5.41, 5.74) is 6.34. The Labute approximate surface area is 156 Å². The normalized spacial score (nSPS) is 42.3. The van der Waals surface area contributed by atoms with Gasteiger partial charge in [-0.2, -0.15) is 0 Å². The van der Waals surface area contributed by atoms with Crippen LogP contribution in [0.2, 0.25) is 0 Å². The summed E-state index contributed by atoms with van der Waals surface area (Å²) in [5.74, 6) is 0.484. The molecule has 3 fully saturated rings. The summed E-state index contributed by atoms with van der Waals surface area (Å²) in [6, 6.07) is -0.609. The van der Waals surface area contributed by atoms with Crippen LogP contribution in [-0.4, -0.2) is 51.4 Å². The third kappa shape index (κ3) is 3.73. The molecule has 3 rings (SSSR count). The zero-order chi connectivity index (χ0) is 18.4. The Hall–Kier alpha value is -0.295. The van der Waals surface area contributed by atoms with Gasteiger partial charge in [0.1, 0.15) is 0 Å². The van der Waals surface area contributed by atoms with Gasteiger partial charge in [0, 0.05) is 11.4 Å². The van der Waals surface area contributed by atoms with E-state index >= 15 is 0 Å². The molecule has 0 aromatic rings. The van der Waals surface area contributed by atoms with Crippen molar-refractivity contribution in [2.24, 2.45) is 23.0 Å². The number of nitrogens with zero attached hydrogens (tertiary/aromatic N) is 1. The van der Waals surface area contributed by atoms with Crippen LogP contribution in [0.5, 0.6) is 0 Å². The first-order valence-electron chi connectivity index (χ1n) is 9.78. The van der Waals surface area contributed by atoms with E-state index < -0.39 is 19.1 Å². The molecule has 1 heterocycles. The van der Waals surface area contributed by atoms with Crippen molar-refractivity contribution in [2.45, 2.75) is 82.1 Å². The molecule has 3 aliphatic rings. The first-order chi connectivity index (χ1) is 11.7. The third-order valence-electron chi connectivity index (χ3n) is 6.92. The SMILES string of the molecule is CCC1CC2CC(C)(Cl)CC(C(N)C(=O)N3CCCC3B(O)O)(C1)C2. The third-order valence-corrected chi connectivity index (χ3v) is 7.21. The molecule has 1 aliphatic heterocycles. The number of carbonyl (C=O) groups is 1. The van der Waals surface area contributed by atoms with Crippen LogP contribution in [-0.2, 0) is 4.79 Å². The Kier molecular flexibility index (Phi) is 5.47. The molecule has 1 amide bonds. The van der Waals surface area contributed by atoms with Gasteiger partial charge in [0.05, 0.1) is 12.0 Å². The Morgan fingerprint density at radius 3 is 2.76 bits per heavy atom.